The number of carbonyl (C=O) groups excluding carboxylic acids is 2. The van der Waals surface area contributed by atoms with E-state index < -0.39 is 144 Å². The molecule has 6 aromatic carbocycles. The van der Waals surface area contributed by atoms with Crippen LogP contribution < -0.4 is 26.4 Å². The number of Topliss-reactive ketones (excluding diaryl/α,β-unsaturated/α-hetero) is 1. The van der Waals surface area contributed by atoms with Gasteiger partial charge in [-0.3, -0.25) is 9.59 Å². The predicted molar refractivity (Wildman–Crippen MR) is 194 cm³/mol. The Bertz CT molecular complexity index is 2750. The van der Waals surface area contributed by atoms with Crippen molar-refractivity contribution in [2.75, 3.05) is 0 Å². The molecule has 7 aromatic rings. The molecule has 0 radical (unpaired) electrons. The van der Waals surface area contributed by atoms with Crippen molar-refractivity contribution in [1.29, 1.82) is 0 Å². The summed E-state index contributed by atoms with van der Waals surface area (Å²) in [5.74, 6) is -71.4. The highest BCUT2D eigenvalue weighted by molar-refractivity contribution is 7.20. The summed E-state index contributed by atoms with van der Waals surface area (Å²) in [5.41, 5.74) is -10.6. The van der Waals surface area contributed by atoms with Crippen molar-refractivity contribution in [3.05, 3.63) is 205 Å². The Labute approximate surface area is 363 Å². The lowest BCUT2D eigenvalue weighted by atomic mass is 9.12. The van der Waals surface area contributed by atoms with E-state index in [4.69, 9.17) is 0 Å². The molecule has 0 aliphatic carbocycles. The third-order valence-corrected chi connectivity index (χ3v) is 10.7. The number of nitrogens with zero attached hydrogens (tertiary/aromatic N) is 1. The van der Waals surface area contributed by atoms with Gasteiger partial charge in [-0.1, -0.05) is 65.9 Å². The highest BCUT2D eigenvalue weighted by Crippen LogP contribution is 2.31. The summed E-state index contributed by atoms with van der Waals surface area (Å²) in [7, 11) is 0. The zero-order chi connectivity index (χ0) is 49.7. The van der Waals surface area contributed by atoms with Gasteiger partial charge in [0.2, 0.25) is 17.8 Å². The summed E-state index contributed by atoms with van der Waals surface area (Å²) in [6, 6.07) is 16.0. The van der Waals surface area contributed by atoms with Crippen LogP contribution in [0, 0.1) is 116 Å². The Balaban J connectivity index is 0.000000279. The molecular formula is C42H14BF20NO2S. The lowest BCUT2D eigenvalue weighted by Crippen LogP contribution is -2.81. The molecular weight excluding hydrogens is 973 g/mol. The quantitative estimate of drug-likeness (QED) is 0.0362. The van der Waals surface area contributed by atoms with E-state index in [1.165, 1.54) is 0 Å². The van der Waals surface area contributed by atoms with Gasteiger partial charge in [-0.25, -0.2) is 87.8 Å². The van der Waals surface area contributed by atoms with Crippen LogP contribution >= 0.6 is 11.3 Å². The highest BCUT2D eigenvalue weighted by atomic mass is 32.1. The van der Waals surface area contributed by atoms with E-state index in [9.17, 15) is 62.3 Å². The lowest BCUT2D eigenvalue weighted by Gasteiger charge is -2.44. The Morgan fingerprint density at radius 3 is 0.925 bits per heavy atom. The van der Waals surface area contributed by atoms with Crippen LogP contribution in [0.1, 0.15) is 26.3 Å². The molecule has 7 rings (SSSR count). The van der Waals surface area contributed by atoms with Gasteiger partial charge in [0.05, 0.1) is 5.38 Å². The van der Waals surface area contributed by atoms with Crippen LogP contribution in [0.4, 0.5) is 87.8 Å². The number of aromatic nitrogens is 1. The van der Waals surface area contributed by atoms with Crippen molar-refractivity contribution in [1.82, 2.24) is 0 Å². The summed E-state index contributed by atoms with van der Waals surface area (Å²) in [6.45, 7) is 0.315. The average molecular weight is 987 g/mol. The standard InChI is InChI=1S/C24BF20.C18H14NO2S/c26-5-1(6(27)14(35)21(42)13(5)34)25(2-7(28)15(36)22(43)16(37)8(2)29,3-9(30)17(38)23(44)18(39)10(3)31)4-11(32)19(40)24(45)20(41)12(4)33;20-17(12-19-10-11-22-13-19)14-6-8-16(9-7-14)18(21)15-4-2-1-3-5-15/h;1-11,13H,12H2/q-1;+1. The van der Waals surface area contributed by atoms with Crippen LogP contribution in [0.5, 0.6) is 0 Å². The molecule has 1 aromatic heterocycles. The maximum atomic E-state index is 15.4. The van der Waals surface area contributed by atoms with Crippen LogP contribution in [-0.4, -0.2) is 17.7 Å². The zero-order valence-corrected chi connectivity index (χ0v) is 32.8. The average Bonchev–Trinajstić information content (AvgIpc) is 3.84. The molecule has 1 heterocycles. The molecule has 0 amide bonds. The Morgan fingerprint density at radius 2 is 0.642 bits per heavy atom. The second kappa shape index (κ2) is 18.7. The number of carbonyl (C=O) groups is 2. The minimum atomic E-state index is -7.22. The maximum absolute atomic E-state index is 15.4. The molecule has 0 aliphatic heterocycles. The first-order chi connectivity index (χ1) is 31.4. The first-order valence-electron chi connectivity index (χ1n) is 17.8. The molecule has 348 valence electrons. The molecule has 0 aliphatic rings. The monoisotopic (exact) mass is 987 g/mol. The number of hydrogen-bond donors (Lipinski definition) is 0. The molecule has 3 nitrogen and oxygen atoms in total. The van der Waals surface area contributed by atoms with E-state index >= 15 is 35.1 Å². The number of hydrogen-bond acceptors (Lipinski definition) is 3. The van der Waals surface area contributed by atoms with Crippen molar-refractivity contribution in [2.45, 2.75) is 6.54 Å². The Kier molecular flexibility index (Phi) is 13.8. The summed E-state index contributed by atoms with van der Waals surface area (Å²) < 4.78 is 296. The lowest BCUT2D eigenvalue weighted by molar-refractivity contribution is -0.678. The van der Waals surface area contributed by atoms with Crippen LogP contribution in [0.3, 0.4) is 0 Å². The van der Waals surface area contributed by atoms with Crippen LogP contribution in [0.25, 0.3) is 0 Å². The summed E-state index contributed by atoms with van der Waals surface area (Å²) in [4.78, 5) is 24.5. The van der Waals surface area contributed by atoms with Gasteiger partial charge >= 0.3 is 0 Å². The molecule has 0 saturated heterocycles. The van der Waals surface area contributed by atoms with Gasteiger partial charge in [-0.2, -0.15) is 4.57 Å². The number of halogens is 20. The van der Waals surface area contributed by atoms with Crippen molar-refractivity contribution in [2.24, 2.45) is 0 Å². The highest BCUT2D eigenvalue weighted by Gasteiger charge is 2.52. The van der Waals surface area contributed by atoms with Crippen molar-refractivity contribution in [3.8, 4) is 0 Å². The van der Waals surface area contributed by atoms with E-state index in [0.717, 1.165) is 0 Å². The van der Waals surface area contributed by atoms with Gasteiger partial charge in [-0.15, -0.1) is 21.9 Å². The largest absolute Gasteiger partial charge is 0.289 e. The topological polar surface area (TPSA) is 38.0 Å². The smallest absolute Gasteiger partial charge is 0.227 e. The predicted octanol–water partition coefficient (Wildman–Crippen LogP) is 9.00. The number of thiazole rings is 1. The molecule has 0 saturated carbocycles. The van der Waals surface area contributed by atoms with Crippen LogP contribution in [-0.2, 0) is 6.54 Å². The summed E-state index contributed by atoms with van der Waals surface area (Å²) in [5, 5.41) is 1.93. The zero-order valence-electron chi connectivity index (χ0n) is 31.9. The number of rotatable bonds is 9. The van der Waals surface area contributed by atoms with Gasteiger partial charge in [-0.05, 0) is 0 Å². The first-order valence-corrected chi connectivity index (χ1v) is 18.8. The van der Waals surface area contributed by atoms with E-state index in [0.29, 0.717) is 23.2 Å². The SMILES string of the molecule is Fc1c(F)c(F)c([B-](c2c(F)c(F)c(F)c(F)c2F)(c2c(F)c(F)c(F)c(F)c2F)c2c(F)c(F)c(F)c(F)c2F)c(F)c1F.O=C(C[n+]1ccsc1)c1ccc(C(=O)c2ccccc2)cc1. The minimum Gasteiger partial charge on any atom is -0.289 e. The minimum absolute atomic E-state index is 0.0297. The molecule has 0 atom stereocenters. The first kappa shape index (κ1) is 49.4. The molecule has 25 heteroatoms. The van der Waals surface area contributed by atoms with Gasteiger partial charge in [0.15, 0.2) is 81.8 Å². The van der Waals surface area contributed by atoms with E-state index in [1.807, 2.05) is 39.9 Å². The van der Waals surface area contributed by atoms with E-state index in [1.54, 1.807) is 47.7 Å². The fourth-order valence-electron chi connectivity index (χ4n) is 7.05. The van der Waals surface area contributed by atoms with E-state index in [2.05, 4.69) is 0 Å². The summed E-state index contributed by atoms with van der Waals surface area (Å²) in [6.07, 6.45) is -5.35. The second-order valence-corrected chi connectivity index (χ2v) is 14.5. The van der Waals surface area contributed by atoms with Gasteiger partial charge in [0, 0.05) is 16.7 Å². The van der Waals surface area contributed by atoms with Crippen molar-refractivity contribution in [3.63, 3.8) is 0 Å². The van der Waals surface area contributed by atoms with Crippen molar-refractivity contribution >= 4 is 50.9 Å². The molecule has 0 unspecified atom stereocenters. The second-order valence-electron chi connectivity index (χ2n) is 13.7. The Morgan fingerprint density at radius 1 is 0.373 bits per heavy atom. The fourth-order valence-corrected chi connectivity index (χ4v) is 7.64. The number of benzene rings is 6. The van der Waals surface area contributed by atoms with E-state index in [-0.39, 0.29) is 11.6 Å². The van der Waals surface area contributed by atoms with Crippen LogP contribution in [0.15, 0.2) is 71.7 Å². The summed E-state index contributed by atoms with van der Waals surface area (Å²) >= 11 is 1.55. The number of ketones is 2. The van der Waals surface area contributed by atoms with Crippen LogP contribution in [0.2, 0.25) is 0 Å². The molecule has 0 fully saturated rings. The third kappa shape index (κ3) is 8.07. The third-order valence-electron chi connectivity index (χ3n) is 10.1. The maximum Gasteiger partial charge on any atom is 0.227 e. The van der Waals surface area contributed by atoms with Gasteiger partial charge in [0.1, 0.15) is 52.7 Å². The molecule has 0 bridgehead atoms. The fraction of sp³-hybridized carbons (Fsp3) is 0.0238. The molecule has 67 heavy (non-hydrogen) atoms. The van der Waals surface area contributed by atoms with Gasteiger partial charge in [0.25, 0.3) is 0 Å². The van der Waals surface area contributed by atoms with Crippen molar-refractivity contribution < 1.29 is 102 Å². The van der Waals surface area contributed by atoms with Gasteiger partial charge < -0.3 is 0 Å². The molecule has 0 spiro atoms. The molecule has 0 N–H and O–H groups in total. The Hall–Kier alpha value is -7.05. The normalized spacial score (nSPS) is 11.5.